The van der Waals surface area contributed by atoms with Crippen LogP contribution in [0.2, 0.25) is 0 Å². The summed E-state index contributed by atoms with van der Waals surface area (Å²) in [5.74, 6) is 0. The van der Waals surface area contributed by atoms with Gasteiger partial charge in [0, 0.05) is 18.6 Å². The molecule has 2 N–H and O–H groups in total. The second-order valence-electron chi connectivity index (χ2n) is 4.30. The molecule has 3 heteroatoms. The van der Waals surface area contributed by atoms with Gasteiger partial charge in [-0.25, -0.2) is 0 Å². The van der Waals surface area contributed by atoms with Gasteiger partial charge in [0.25, 0.3) is 0 Å². The number of nitrogens with zero attached hydrogens (tertiary/aromatic N) is 2. The summed E-state index contributed by atoms with van der Waals surface area (Å²) in [5.41, 5.74) is 5.56. The van der Waals surface area contributed by atoms with Crippen LogP contribution in [-0.4, -0.2) is 55.6 Å². The summed E-state index contributed by atoms with van der Waals surface area (Å²) < 4.78 is 0. The summed E-state index contributed by atoms with van der Waals surface area (Å²) >= 11 is 0. The van der Waals surface area contributed by atoms with E-state index in [4.69, 9.17) is 5.73 Å². The molecule has 0 aromatic rings. The summed E-state index contributed by atoms with van der Waals surface area (Å²) in [6.07, 6.45) is 2.42. The van der Waals surface area contributed by atoms with Crippen molar-refractivity contribution in [2.75, 3.05) is 33.7 Å². The maximum atomic E-state index is 5.56. The van der Waals surface area contributed by atoms with Crippen LogP contribution in [0.3, 0.4) is 0 Å². The van der Waals surface area contributed by atoms with Crippen LogP contribution in [0.15, 0.2) is 0 Å². The van der Waals surface area contributed by atoms with Crippen molar-refractivity contribution in [2.45, 2.75) is 31.8 Å². The number of hydrogen-bond acceptors (Lipinski definition) is 3. The lowest BCUT2D eigenvalue weighted by Crippen LogP contribution is -2.40. The number of rotatable bonds is 4. The molecule has 0 amide bonds. The van der Waals surface area contributed by atoms with Crippen molar-refractivity contribution in [3.63, 3.8) is 0 Å². The molecule has 13 heavy (non-hydrogen) atoms. The Morgan fingerprint density at radius 2 is 2.31 bits per heavy atom. The van der Waals surface area contributed by atoms with E-state index in [0.717, 1.165) is 19.0 Å². The zero-order valence-corrected chi connectivity index (χ0v) is 9.16. The number of nitrogens with two attached hydrogens (primary N) is 1. The highest BCUT2D eigenvalue weighted by Gasteiger charge is 2.25. The summed E-state index contributed by atoms with van der Waals surface area (Å²) in [4.78, 5) is 4.88. The Bertz CT molecular complexity index is 149. The molecular weight excluding hydrogens is 162 g/mol. The van der Waals surface area contributed by atoms with E-state index >= 15 is 0 Å². The van der Waals surface area contributed by atoms with Gasteiger partial charge in [-0.3, -0.25) is 4.90 Å². The molecule has 1 heterocycles. The predicted molar refractivity (Wildman–Crippen MR) is 56.8 cm³/mol. The van der Waals surface area contributed by atoms with Crippen molar-refractivity contribution in [3.8, 4) is 0 Å². The van der Waals surface area contributed by atoms with Gasteiger partial charge in [-0.15, -0.1) is 0 Å². The highest BCUT2D eigenvalue weighted by Crippen LogP contribution is 2.15. The minimum atomic E-state index is 0.626. The van der Waals surface area contributed by atoms with E-state index < -0.39 is 0 Å². The fraction of sp³-hybridized carbons (Fsp3) is 1.00. The third-order valence-electron chi connectivity index (χ3n) is 3.22. The van der Waals surface area contributed by atoms with Crippen LogP contribution in [0.4, 0.5) is 0 Å². The highest BCUT2D eigenvalue weighted by atomic mass is 15.2. The van der Waals surface area contributed by atoms with E-state index in [1.54, 1.807) is 0 Å². The van der Waals surface area contributed by atoms with Gasteiger partial charge in [0.2, 0.25) is 0 Å². The van der Waals surface area contributed by atoms with E-state index in [0.29, 0.717) is 6.04 Å². The van der Waals surface area contributed by atoms with E-state index in [-0.39, 0.29) is 0 Å². The molecule has 1 aliphatic heterocycles. The lowest BCUT2D eigenvalue weighted by Gasteiger charge is -2.30. The van der Waals surface area contributed by atoms with Crippen molar-refractivity contribution in [3.05, 3.63) is 0 Å². The summed E-state index contributed by atoms with van der Waals surface area (Å²) in [6, 6.07) is 1.37. The molecule has 78 valence electrons. The Morgan fingerprint density at radius 1 is 1.62 bits per heavy atom. The lowest BCUT2D eigenvalue weighted by atomic mass is 10.1. The van der Waals surface area contributed by atoms with Crippen LogP contribution >= 0.6 is 0 Å². The van der Waals surface area contributed by atoms with Crippen LogP contribution in [-0.2, 0) is 0 Å². The van der Waals surface area contributed by atoms with Gasteiger partial charge < -0.3 is 10.6 Å². The van der Waals surface area contributed by atoms with Gasteiger partial charge in [-0.05, 0) is 47.0 Å². The van der Waals surface area contributed by atoms with Crippen LogP contribution < -0.4 is 5.73 Å². The quantitative estimate of drug-likeness (QED) is 0.686. The van der Waals surface area contributed by atoms with Crippen molar-refractivity contribution < 1.29 is 0 Å². The molecule has 0 bridgehead atoms. The molecule has 2 unspecified atom stereocenters. The molecule has 1 aliphatic rings. The Hall–Kier alpha value is -0.120. The van der Waals surface area contributed by atoms with Gasteiger partial charge in [0.1, 0.15) is 0 Å². The van der Waals surface area contributed by atoms with Crippen LogP contribution in [0.25, 0.3) is 0 Å². The first-order chi connectivity index (χ1) is 6.15. The SMILES string of the molecule is CC(CCN)N(C)C1CCN(C)C1. The topological polar surface area (TPSA) is 32.5 Å². The molecule has 0 saturated carbocycles. The second kappa shape index (κ2) is 4.94. The first-order valence-corrected chi connectivity index (χ1v) is 5.25. The van der Waals surface area contributed by atoms with Gasteiger partial charge in [-0.1, -0.05) is 0 Å². The van der Waals surface area contributed by atoms with Crippen molar-refractivity contribution in [2.24, 2.45) is 5.73 Å². The smallest absolute Gasteiger partial charge is 0.0234 e. The van der Waals surface area contributed by atoms with Crippen LogP contribution in [0.1, 0.15) is 19.8 Å². The molecule has 1 fully saturated rings. The zero-order chi connectivity index (χ0) is 9.84. The fourth-order valence-corrected chi connectivity index (χ4v) is 2.05. The normalized spacial score (nSPS) is 27.0. The Balaban J connectivity index is 2.33. The Morgan fingerprint density at radius 3 is 2.77 bits per heavy atom. The highest BCUT2D eigenvalue weighted by molar-refractivity contribution is 4.82. The molecule has 0 spiro atoms. The van der Waals surface area contributed by atoms with E-state index in [1.165, 1.54) is 19.5 Å². The molecule has 0 aliphatic carbocycles. The maximum absolute atomic E-state index is 5.56. The standard InChI is InChI=1S/C10H23N3/c1-9(4-6-11)13(3)10-5-7-12(2)8-10/h9-10H,4-8,11H2,1-3H3. The van der Waals surface area contributed by atoms with E-state index in [9.17, 15) is 0 Å². The Labute approximate surface area is 81.9 Å². The van der Waals surface area contributed by atoms with Crippen LogP contribution in [0, 0.1) is 0 Å². The number of likely N-dealkylation sites (N-methyl/N-ethyl adjacent to an activating group) is 2. The molecule has 3 nitrogen and oxygen atoms in total. The summed E-state index contributed by atoms with van der Waals surface area (Å²) in [6.45, 7) is 5.52. The predicted octanol–water partition coefficient (Wildman–Crippen LogP) is 0.360. The minimum absolute atomic E-state index is 0.626. The monoisotopic (exact) mass is 185 g/mol. The van der Waals surface area contributed by atoms with Gasteiger partial charge >= 0.3 is 0 Å². The summed E-state index contributed by atoms with van der Waals surface area (Å²) in [7, 11) is 4.42. The second-order valence-corrected chi connectivity index (χ2v) is 4.30. The molecule has 0 aromatic carbocycles. The van der Waals surface area contributed by atoms with E-state index in [1.807, 2.05) is 0 Å². The first kappa shape index (κ1) is 11.0. The average Bonchev–Trinajstić information content (AvgIpc) is 2.51. The van der Waals surface area contributed by atoms with Crippen molar-refractivity contribution >= 4 is 0 Å². The van der Waals surface area contributed by atoms with Gasteiger partial charge in [0.15, 0.2) is 0 Å². The molecular formula is C10H23N3. The zero-order valence-electron chi connectivity index (χ0n) is 9.16. The third-order valence-corrected chi connectivity index (χ3v) is 3.22. The van der Waals surface area contributed by atoms with Crippen molar-refractivity contribution in [1.82, 2.24) is 9.80 Å². The summed E-state index contributed by atoms with van der Waals surface area (Å²) in [5, 5.41) is 0. The largest absolute Gasteiger partial charge is 0.330 e. The first-order valence-electron chi connectivity index (χ1n) is 5.25. The third kappa shape index (κ3) is 2.93. The van der Waals surface area contributed by atoms with Crippen LogP contribution in [0.5, 0.6) is 0 Å². The minimum Gasteiger partial charge on any atom is -0.330 e. The fourth-order valence-electron chi connectivity index (χ4n) is 2.05. The Kier molecular flexibility index (Phi) is 4.16. The number of likely N-dealkylation sites (tertiary alicyclic amines) is 1. The molecule has 1 rings (SSSR count). The maximum Gasteiger partial charge on any atom is 0.0234 e. The van der Waals surface area contributed by atoms with Gasteiger partial charge in [-0.2, -0.15) is 0 Å². The number of hydrogen-bond donors (Lipinski definition) is 1. The van der Waals surface area contributed by atoms with E-state index in [2.05, 4.69) is 30.8 Å². The molecule has 0 radical (unpaired) electrons. The lowest BCUT2D eigenvalue weighted by molar-refractivity contribution is 0.180. The molecule has 0 aromatic heterocycles. The average molecular weight is 185 g/mol. The van der Waals surface area contributed by atoms with Crippen molar-refractivity contribution in [1.29, 1.82) is 0 Å². The molecule has 1 saturated heterocycles. The van der Waals surface area contributed by atoms with Gasteiger partial charge in [0.05, 0.1) is 0 Å². The molecule has 2 atom stereocenters.